The SMILES string of the molecule is C=C/C(=C\CC(C)c1ccccc1)CNC(=O)c1occc(=O)c1O. The minimum atomic E-state index is -0.693. The molecule has 25 heavy (non-hydrogen) atoms. The van der Waals surface area contributed by atoms with E-state index in [0.717, 1.165) is 24.3 Å². The van der Waals surface area contributed by atoms with E-state index in [4.69, 9.17) is 4.42 Å². The lowest BCUT2D eigenvalue weighted by molar-refractivity contribution is 0.0922. The van der Waals surface area contributed by atoms with E-state index >= 15 is 0 Å². The van der Waals surface area contributed by atoms with Crippen LogP contribution < -0.4 is 10.7 Å². The van der Waals surface area contributed by atoms with E-state index in [1.54, 1.807) is 6.08 Å². The van der Waals surface area contributed by atoms with Crippen molar-refractivity contribution < 1.29 is 14.3 Å². The number of allylic oxidation sites excluding steroid dienone is 1. The Balaban J connectivity index is 1.97. The van der Waals surface area contributed by atoms with E-state index < -0.39 is 22.8 Å². The fourth-order valence-electron chi connectivity index (χ4n) is 2.31. The van der Waals surface area contributed by atoms with Crippen molar-refractivity contribution in [2.75, 3.05) is 6.54 Å². The number of aromatic hydroxyl groups is 1. The van der Waals surface area contributed by atoms with Crippen LogP contribution in [0.25, 0.3) is 0 Å². The van der Waals surface area contributed by atoms with Gasteiger partial charge in [-0.05, 0) is 23.5 Å². The van der Waals surface area contributed by atoms with Gasteiger partial charge in [0.25, 0.3) is 5.91 Å². The zero-order valence-electron chi connectivity index (χ0n) is 14.1. The Morgan fingerprint density at radius 2 is 2.04 bits per heavy atom. The highest BCUT2D eigenvalue weighted by atomic mass is 16.4. The first-order valence-corrected chi connectivity index (χ1v) is 7.98. The lowest BCUT2D eigenvalue weighted by Gasteiger charge is -2.11. The van der Waals surface area contributed by atoms with Crippen molar-refractivity contribution in [1.82, 2.24) is 5.32 Å². The molecular formula is C20H21NO4. The monoisotopic (exact) mass is 339 g/mol. The van der Waals surface area contributed by atoms with Gasteiger partial charge in [0.05, 0.1) is 6.26 Å². The van der Waals surface area contributed by atoms with Crippen molar-refractivity contribution in [3.8, 4) is 5.75 Å². The molecule has 5 heteroatoms. The van der Waals surface area contributed by atoms with Gasteiger partial charge < -0.3 is 14.8 Å². The maximum Gasteiger partial charge on any atom is 0.291 e. The molecule has 0 bridgehead atoms. The van der Waals surface area contributed by atoms with Crippen LogP contribution in [0.3, 0.4) is 0 Å². The van der Waals surface area contributed by atoms with E-state index in [9.17, 15) is 14.7 Å². The van der Waals surface area contributed by atoms with Gasteiger partial charge in [-0.15, -0.1) is 0 Å². The van der Waals surface area contributed by atoms with Crippen LogP contribution in [-0.4, -0.2) is 17.6 Å². The molecular weight excluding hydrogens is 318 g/mol. The molecule has 1 heterocycles. The van der Waals surface area contributed by atoms with Gasteiger partial charge in [0.1, 0.15) is 0 Å². The first-order valence-electron chi connectivity index (χ1n) is 7.98. The largest absolute Gasteiger partial charge is 0.501 e. The number of rotatable bonds is 7. The van der Waals surface area contributed by atoms with Crippen LogP contribution in [0.5, 0.6) is 5.75 Å². The molecule has 2 N–H and O–H groups in total. The first-order chi connectivity index (χ1) is 12.0. The second kappa shape index (κ2) is 8.68. The Bertz CT molecular complexity index is 821. The minimum absolute atomic E-state index is 0.224. The summed E-state index contributed by atoms with van der Waals surface area (Å²) in [6.45, 7) is 6.10. The fourth-order valence-corrected chi connectivity index (χ4v) is 2.31. The normalized spacial score (nSPS) is 12.4. The van der Waals surface area contributed by atoms with Crippen LogP contribution in [0.4, 0.5) is 0 Å². The summed E-state index contributed by atoms with van der Waals surface area (Å²) in [5.41, 5.74) is 1.42. The van der Waals surface area contributed by atoms with Crippen LogP contribution >= 0.6 is 0 Å². The van der Waals surface area contributed by atoms with Gasteiger partial charge in [0, 0.05) is 12.6 Å². The zero-order chi connectivity index (χ0) is 18.2. The summed E-state index contributed by atoms with van der Waals surface area (Å²) < 4.78 is 4.92. The number of hydrogen-bond acceptors (Lipinski definition) is 4. The zero-order valence-corrected chi connectivity index (χ0v) is 14.1. The first kappa shape index (κ1) is 18.3. The van der Waals surface area contributed by atoms with Crippen LogP contribution in [0, 0.1) is 0 Å². The molecule has 0 aliphatic rings. The second-order valence-corrected chi connectivity index (χ2v) is 5.68. The molecule has 130 valence electrons. The van der Waals surface area contributed by atoms with E-state index in [-0.39, 0.29) is 6.54 Å². The molecule has 1 unspecified atom stereocenters. The minimum Gasteiger partial charge on any atom is -0.501 e. The highest BCUT2D eigenvalue weighted by molar-refractivity contribution is 5.93. The second-order valence-electron chi connectivity index (χ2n) is 5.68. The van der Waals surface area contributed by atoms with Crippen molar-refractivity contribution in [2.45, 2.75) is 19.3 Å². The third-order valence-electron chi connectivity index (χ3n) is 3.88. The molecule has 0 aliphatic carbocycles. The van der Waals surface area contributed by atoms with Crippen molar-refractivity contribution in [3.63, 3.8) is 0 Å². The molecule has 2 rings (SSSR count). The highest BCUT2D eigenvalue weighted by Gasteiger charge is 2.16. The van der Waals surface area contributed by atoms with Crippen molar-refractivity contribution in [3.05, 3.63) is 88.5 Å². The van der Waals surface area contributed by atoms with E-state index in [1.807, 2.05) is 24.3 Å². The maximum absolute atomic E-state index is 12.0. The van der Waals surface area contributed by atoms with Gasteiger partial charge in [0.2, 0.25) is 16.9 Å². The number of benzene rings is 1. The van der Waals surface area contributed by atoms with Crippen LogP contribution in [0.1, 0.15) is 35.4 Å². The summed E-state index contributed by atoms with van der Waals surface area (Å²) in [5.74, 6) is -1.41. The highest BCUT2D eigenvalue weighted by Crippen LogP contribution is 2.19. The summed E-state index contributed by atoms with van der Waals surface area (Å²) in [7, 11) is 0. The molecule has 1 aromatic heterocycles. The summed E-state index contributed by atoms with van der Waals surface area (Å²) in [5, 5.41) is 12.2. The molecule has 0 saturated heterocycles. The summed E-state index contributed by atoms with van der Waals surface area (Å²) >= 11 is 0. The smallest absolute Gasteiger partial charge is 0.291 e. The van der Waals surface area contributed by atoms with Gasteiger partial charge in [-0.2, -0.15) is 0 Å². The molecule has 0 radical (unpaired) electrons. The third-order valence-corrected chi connectivity index (χ3v) is 3.88. The quantitative estimate of drug-likeness (QED) is 0.758. The Kier molecular flexibility index (Phi) is 6.34. The Morgan fingerprint density at radius 3 is 2.72 bits per heavy atom. The average Bonchev–Trinajstić information content (AvgIpc) is 2.64. The Hall–Kier alpha value is -3.08. The van der Waals surface area contributed by atoms with E-state index in [2.05, 4.69) is 31.0 Å². The standard InChI is InChI=1S/C20H21NO4/c1-3-15(10-9-14(2)16-7-5-4-6-8-16)13-21-20(24)19-18(23)17(22)11-12-25-19/h3-8,10-12,14,23H,1,9,13H2,2H3,(H,21,24)/b15-10+. The number of nitrogens with one attached hydrogen (secondary N) is 1. The molecule has 0 spiro atoms. The molecule has 0 aliphatic heterocycles. The molecule has 2 aromatic rings. The van der Waals surface area contributed by atoms with Gasteiger partial charge >= 0.3 is 0 Å². The Morgan fingerprint density at radius 1 is 1.32 bits per heavy atom. The molecule has 0 fully saturated rings. The van der Waals surface area contributed by atoms with Gasteiger partial charge in [0.15, 0.2) is 0 Å². The molecule has 1 amide bonds. The molecule has 5 nitrogen and oxygen atoms in total. The number of amides is 1. The van der Waals surface area contributed by atoms with E-state index in [0.29, 0.717) is 5.92 Å². The number of carbonyl (C=O) groups is 1. The summed E-state index contributed by atoms with van der Waals surface area (Å²) in [4.78, 5) is 23.4. The van der Waals surface area contributed by atoms with Crippen molar-refractivity contribution in [1.29, 1.82) is 0 Å². The van der Waals surface area contributed by atoms with Gasteiger partial charge in [-0.25, -0.2) is 0 Å². The lowest BCUT2D eigenvalue weighted by atomic mass is 9.97. The van der Waals surface area contributed by atoms with Gasteiger partial charge in [-0.1, -0.05) is 56.0 Å². The van der Waals surface area contributed by atoms with E-state index in [1.165, 1.54) is 5.56 Å². The van der Waals surface area contributed by atoms with Crippen LogP contribution in [-0.2, 0) is 0 Å². The predicted octanol–water partition coefficient (Wildman–Crippen LogP) is 3.38. The fraction of sp³-hybridized carbons (Fsp3) is 0.200. The molecule has 1 atom stereocenters. The summed E-state index contributed by atoms with van der Waals surface area (Å²) in [6.07, 6.45) is 5.54. The lowest BCUT2D eigenvalue weighted by Crippen LogP contribution is -2.26. The topological polar surface area (TPSA) is 79.5 Å². The predicted molar refractivity (Wildman–Crippen MR) is 96.7 cm³/mol. The average molecular weight is 339 g/mol. The Labute approximate surface area is 146 Å². The van der Waals surface area contributed by atoms with Gasteiger partial charge in [-0.3, -0.25) is 9.59 Å². The maximum atomic E-state index is 12.0. The molecule has 1 aromatic carbocycles. The number of carbonyl (C=O) groups excluding carboxylic acids is 1. The third kappa shape index (κ3) is 4.94. The van der Waals surface area contributed by atoms with Crippen molar-refractivity contribution >= 4 is 5.91 Å². The number of hydrogen-bond donors (Lipinski definition) is 2. The van der Waals surface area contributed by atoms with Crippen LogP contribution in [0.15, 0.2) is 76.2 Å². The summed E-state index contributed by atoms with van der Waals surface area (Å²) in [6, 6.07) is 11.2. The van der Waals surface area contributed by atoms with Crippen molar-refractivity contribution in [2.24, 2.45) is 0 Å². The molecule has 0 saturated carbocycles. The van der Waals surface area contributed by atoms with Crippen LogP contribution in [0.2, 0.25) is 0 Å².